The van der Waals surface area contributed by atoms with Crippen LogP contribution in [0.4, 0.5) is 14.0 Å². The summed E-state index contributed by atoms with van der Waals surface area (Å²) in [4.78, 5) is 25.7. The van der Waals surface area contributed by atoms with E-state index >= 15 is 0 Å². The van der Waals surface area contributed by atoms with Crippen LogP contribution in [0.2, 0.25) is 0 Å². The number of methoxy groups -OCH3 is 1. The van der Waals surface area contributed by atoms with Gasteiger partial charge in [-0.3, -0.25) is 4.55 Å². The summed E-state index contributed by atoms with van der Waals surface area (Å²) in [5.41, 5.74) is 6.82. The molecule has 13 nitrogen and oxygen atoms in total. The molecular weight excluding hydrogens is 589 g/mol. The molecule has 15 heteroatoms. The second-order valence-electron chi connectivity index (χ2n) is 10.8. The molecule has 0 aliphatic carbocycles. The molecule has 3 N–H and O–H groups in total. The van der Waals surface area contributed by atoms with Crippen molar-refractivity contribution in [3.63, 3.8) is 0 Å². The standard InChI is InChI=1S/C13H13FN2O.C10H18O5.C5H7NO4S/c1-17-13-12(6-11(14)8-16-13)10-4-2-9(7-15)3-5-10;1-9(2,3)14-7(11)13-8(12)15-10(4,5)6;1-3-5(11(7,8)9)4(2)10-6-3/h2-6,8H,7,15H2,1H3;1-6H3;1-2H3,(H,7,8,9). The van der Waals surface area contributed by atoms with E-state index in [4.69, 9.17) is 24.5 Å². The fourth-order valence-electron chi connectivity index (χ4n) is 3.07. The molecule has 1 aromatic carbocycles. The molecule has 43 heavy (non-hydrogen) atoms. The number of nitrogens with two attached hydrogens (primary N) is 1. The lowest BCUT2D eigenvalue weighted by molar-refractivity contribution is -0.0293. The van der Waals surface area contributed by atoms with Crippen LogP contribution in [0.5, 0.6) is 5.88 Å². The van der Waals surface area contributed by atoms with Gasteiger partial charge in [0.2, 0.25) is 5.88 Å². The van der Waals surface area contributed by atoms with Crippen molar-refractivity contribution >= 4 is 22.4 Å². The summed E-state index contributed by atoms with van der Waals surface area (Å²) in [6.45, 7) is 13.4. The normalized spacial score (nSPS) is 11.3. The highest BCUT2D eigenvalue weighted by atomic mass is 32.2. The molecule has 0 radical (unpaired) electrons. The van der Waals surface area contributed by atoms with E-state index < -0.39 is 33.6 Å². The Morgan fingerprint density at radius 2 is 1.51 bits per heavy atom. The summed E-state index contributed by atoms with van der Waals surface area (Å²) in [5.74, 6) is 0.126. The minimum absolute atomic E-state index is 0.102. The predicted octanol–water partition coefficient (Wildman–Crippen LogP) is 5.77. The van der Waals surface area contributed by atoms with E-state index in [2.05, 4.69) is 19.4 Å². The Morgan fingerprint density at radius 1 is 1.00 bits per heavy atom. The zero-order valence-electron chi connectivity index (χ0n) is 25.6. The average molecular weight is 628 g/mol. The second kappa shape index (κ2) is 15.4. The van der Waals surface area contributed by atoms with Crippen molar-refractivity contribution in [2.24, 2.45) is 5.73 Å². The van der Waals surface area contributed by atoms with Crippen molar-refractivity contribution in [3.05, 3.63) is 59.4 Å². The van der Waals surface area contributed by atoms with Gasteiger partial charge in [-0.25, -0.2) is 19.0 Å². The molecule has 0 spiro atoms. The van der Waals surface area contributed by atoms with Crippen LogP contribution in [0, 0.1) is 19.7 Å². The summed E-state index contributed by atoms with van der Waals surface area (Å²) in [7, 11) is -2.67. The number of halogens is 1. The molecule has 0 saturated heterocycles. The Kier molecular flexibility index (Phi) is 13.2. The third-order valence-corrected chi connectivity index (χ3v) is 5.78. The highest BCUT2D eigenvalue weighted by Crippen LogP contribution is 2.28. The van der Waals surface area contributed by atoms with Gasteiger partial charge < -0.3 is 29.2 Å². The maximum Gasteiger partial charge on any atom is 0.519 e. The minimum Gasteiger partial charge on any atom is -0.481 e. The molecule has 0 fully saturated rings. The van der Waals surface area contributed by atoms with E-state index in [1.54, 1.807) is 41.5 Å². The van der Waals surface area contributed by atoms with Crippen LogP contribution in [0.1, 0.15) is 58.6 Å². The van der Waals surface area contributed by atoms with E-state index in [0.717, 1.165) is 17.3 Å². The van der Waals surface area contributed by atoms with Crippen molar-refractivity contribution in [2.75, 3.05) is 7.11 Å². The number of carbonyl (C=O) groups is 2. The zero-order chi connectivity index (χ0) is 33.2. The van der Waals surface area contributed by atoms with Gasteiger partial charge in [-0.2, -0.15) is 8.42 Å². The highest BCUT2D eigenvalue weighted by Gasteiger charge is 2.24. The fraction of sp³-hybridized carbons (Fsp3) is 0.429. The van der Waals surface area contributed by atoms with Crippen molar-refractivity contribution in [1.29, 1.82) is 0 Å². The number of ether oxygens (including phenoxy) is 4. The predicted molar refractivity (Wildman–Crippen MR) is 153 cm³/mol. The Labute approximate surface area is 250 Å². The molecule has 3 aromatic rings. The van der Waals surface area contributed by atoms with Gasteiger partial charge in [0.1, 0.15) is 22.7 Å². The molecule has 0 aliphatic rings. The van der Waals surface area contributed by atoms with Crippen LogP contribution in [-0.4, -0.2) is 53.7 Å². The monoisotopic (exact) mass is 627 g/mol. The molecule has 0 atom stereocenters. The number of benzene rings is 1. The molecule has 0 unspecified atom stereocenters. The molecule has 2 heterocycles. The minimum atomic E-state index is -4.18. The highest BCUT2D eigenvalue weighted by molar-refractivity contribution is 7.86. The van der Waals surface area contributed by atoms with Crippen molar-refractivity contribution < 1.29 is 50.4 Å². The number of hydrogen-bond acceptors (Lipinski definition) is 12. The number of nitrogens with zero attached hydrogens (tertiary/aromatic N) is 2. The molecule has 0 aliphatic heterocycles. The van der Waals surface area contributed by atoms with E-state index in [1.165, 1.54) is 27.0 Å². The van der Waals surface area contributed by atoms with E-state index in [1.807, 2.05) is 24.3 Å². The molecular formula is C28H38FN3O10S. The van der Waals surface area contributed by atoms with Crippen molar-refractivity contribution in [3.8, 4) is 17.0 Å². The summed E-state index contributed by atoms with van der Waals surface area (Å²) >= 11 is 0. The van der Waals surface area contributed by atoms with E-state index in [0.29, 0.717) is 18.0 Å². The summed E-state index contributed by atoms with van der Waals surface area (Å²) in [6, 6.07) is 8.96. The van der Waals surface area contributed by atoms with Gasteiger partial charge in [0.15, 0.2) is 10.7 Å². The Bertz CT molecular complexity index is 1430. The molecule has 0 amide bonds. The number of pyridine rings is 1. The van der Waals surface area contributed by atoms with Gasteiger partial charge >= 0.3 is 12.3 Å². The molecule has 0 saturated carbocycles. The van der Waals surface area contributed by atoms with Crippen LogP contribution in [0.3, 0.4) is 0 Å². The van der Waals surface area contributed by atoms with Gasteiger partial charge in [-0.05, 0) is 72.6 Å². The van der Waals surface area contributed by atoms with Crippen LogP contribution >= 0.6 is 0 Å². The van der Waals surface area contributed by atoms with Gasteiger partial charge in [0, 0.05) is 12.1 Å². The van der Waals surface area contributed by atoms with Gasteiger partial charge in [-0.1, -0.05) is 29.4 Å². The van der Waals surface area contributed by atoms with Gasteiger partial charge in [-0.15, -0.1) is 0 Å². The zero-order valence-corrected chi connectivity index (χ0v) is 26.4. The maximum atomic E-state index is 13.2. The number of rotatable bonds is 4. The third-order valence-electron chi connectivity index (χ3n) is 4.68. The first-order chi connectivity index (χ1) is 19.7. The van der Waals surface area contributed by atoms with Gasteiger partial charge in [0.05, 0.1) is 13.3 Å². The topological polar surface area (TPSA) is 190 Å². The largest absolute Gasteiger partial charge is 0.519 e. The molecule has 3 rings (SSSR count). The van der Waals surface area contributed by atoms with E-state index in [-0.39, 0.29) is 22.2 Å². The van der Waals surface area contributed by atoms with Crippen LogP contribution in [-0.2, 0) is 30.9 Å². The third kappa shape index (κ3) is 13.6. The lowest BCUT2D eigenvalue weighted by Crippen LogP contribution is -2.29. The van der Waals surface area contributed by atoms with E-state index in [9.17, 15) is 22.4 Å². The maximum absolute atomic E-state index is 13.2. The SMILES string of the molecule is CC(C)(C)OC(=O)OC(=O)OC(C)(C)C.COc1ncc(F)cc1-c1ccc(CN)cc1.Cc1noc(C)c1S(=O)(=O)O. The fourth-order valence-corrected chi connectivity index (χ4v) is 3.88. The van der Waals surface area contributed by atoms with Crippen LogP contribution < -0.4 is 10.5 Å². The van der Waals surface area contributed by atoms with Crippen LogP contribution in [0.25, 0.3) is 11.1 Å². The lowest BCUT2D eigenvalue weighted by Gasteiger charge is -2.20. The average Bonchev–Trinajstić information content (AvgIpc) is 3.20. The van der Waals surface area contributed by atoms with Crippen molar-refractivity contribution in [1.82, 2.24) is 10.1 Å². The summed E-state index contributed by atoms with van der Waals surface area (Å²) < 4.78 is 66.4. The van der Waals surface area contributed by atoms with Crippen molar-refractivity contribution in [2.45, 2.75) is 78.0 Å². The second-order valence-corrected chi connectivity index (χ2v) is 12.1. The molecule has 238 valence electrons. The summed E-state index contributed by atoms with van der Waals surface area (Å²) in [6.07, 6.45) is -0.982. The van der Waals surface area contributed by atoms with Crippen LogP contribution in [0.15, 0.2) is 45.9 Å². The molecule has 2 aromatic heterocycles. The lowest BCUT2D eigenvalue weighted by atomic mass is 10.1. The number of aryl methyl sites for hydroxylation is 2. The Balaban J connectivity index is 0.000000330. The first-order valence-corrected chi connectivity index (χ1v) is 14.1. The number of aromatic nitrogens is 2. The quantitative estimate of drug-likeness (QED) is 0.202. The Hall–Kier alpha value is -4.08. The smallest absolute Gasteiger partial charge is 0.481 e. The first kappa shape index (κ1) is 36.9. The number of carbonyl (C=O) groups excluding carboxylic acids is 2. The van der Waals surface area contributed by atoms with Gasteiger partial charge in [0.25, 0.3) is 10.1 Å². The first-order valence-electron chi connectivity index (χ1n) is 12.7. The molecule has 0 bridgehead atoms. The Morgan fingerprint density at radius 3 is 1.86 bits per heavy atom. The summed E-state index contributed by atoms with van der Waals surface area (Å²) in [5, 5.41) is 3.37. The number of hydrogen-bond donors (Lipinski definition) is 2.